The Morgan fingerprint density at radius 1 is 1.35 bits per heavy atom. The van der Waals surface area contributed by atoms with Crippen molar-refractivity contribution < 1.29 is 4.79 Å². The van der Waals surface area contributed by atoms with Gasteiger partial charge >= 0.3 is 0 Å². The zero-order chi connectivity index (χ0) is 14.6. The van der Waals surface area contributed by atoms with Gasteiger partial charge in [0.05, 0.1) is 5.54 Å². The van der Waals surface area contributed by atoms with Crippen molar-refractivity contribution in [2.45, 2.75) is 57.0 Å². The Morgan fingerprint density at radius 2 is 1.95 bits per heavy atom. The van der Waals surface area contributed by atoms with Crippen LogP contribution in [-0.4, -0.2) is 11.9 Å². The second-order valence-corrected chi connectivity index (χ2v) is 6.30. The van der Waals surface area contributed by atoms with E-state index in [-0.39, 0.29) is 17.5 Å². The van der Waals surface area contributed by atoms with Crippen molar-refractivity contribution in [3.8, 4) is 0 Å². The summed E-state index contributed by atoms with van der Waals surface area (Å²) in [6.07, 6.45) is 5.51. The molecule has 1 aromatic rings. The fourth-order valence-electron chi connectivity index (χ4n) is 2.92. The smallest absolute Gasteiger partial charge is 0.220 e. The first-order valence-electron chi connectivity index (χ1n) is 7.34. The van der Waals surface area contributed by atoms with Crippen molar-refractivity contribution in [3.63, 3.8) is 0 Å². The van der Waals surface area contributed by atoms with Crippen LogP contribution in [0.5, 0.6) is 0 Å². The van der Waals surface area contributed by atoms with Gasteiger partial charge in [0.2, 0.25) is 5.91 Å². The predicted octanol–water partition coefficient (Wildman–Crippen LogP) is 3.35. The summed E-state index contributed by atoms with van der Waals surface area (Å²) in [6.45, 7) is 1.93. The van der Waals surface area contributed by atoms with E-state index in [4.69, 9.17) is 17.3 Å². The van der Waals surface area contributed by atoms with Crippen LogP contribution in [0.25, 0.3) is 0 Å². The zero-order valence-electron chi connectivity index (χ0n) is 12.0. The SMILES string of the molecule is CC(N)CCC(=O)NC1(c2ccc(Cl)cc2)CCCC1. The summed E-state index contributed by atoms with van der Waals surface area (Å²) in [4.78, 5) is 12.2. The lowest BCUT2D eigenvalue weighted by Crippen LogP contribution is -2.44. The van der Waals surface area contributed by atoms with Gasteiger partial charge in [-0.3, -0.25) is 4.79 Å². The Morgan fingerprint density at radius 3 is 2.50 bits per heavy atom. The zero-order valence-corrected chi connectivity index (χ0v) is 12.7. The lowest BCUT2D eigenvalue weighted by atomic mass is 9.88. The number of hydrogen-bond acceptors (Lipinski definition) is 2. The lowest BCUT2D eigenvalue weighted by Gasteiger charge is -2.31. The van der Waals surface area contributed by atoms with Crippen LogP contribution >= 0.6 is 11.6 Å². The van der Waals surface area contributed by atoms with Crippen molar-refractivity contribution in [1.29, 1.82) is 0 Å². The van der Waals surface area contributed by atoms with Crippen LogP contribution in [0.1, 0.15) is 51.0 Å². The predicted molar refractivity (Wildman–Crippen MR) is 82.6 cm³/mol. The first-order chi connectivity index (χ1) is 9.52. The minimum atomic E-state index is -0.209. The fraction of sp³-hybridized carbons (Fsp3) is 0.562. The molecule has 4 heteroatoms. The van der Waals surface area contributed by atoms with E-state index in [1.54, 1.807) is 0 Å². The molecule has 1 fully saturated rings. The van der Waals surface area contributed by atoms with Gasteiger partial charge in [0.25, 0.3) is 0 Å². The summed E-state index contributed by atoms with van der Waals surface area (Å²) >= 11 is 5.95. The maximum absolute atomic E-state index is 12.2. The van der Waals surface area contributed by atoms with E-state index in [0.29, 0.717) is 6.42 Å². The van der Waals surface area contributed by atoms with Crippen molar-refractivity contribution in [1.82, 2.24) is 5.32 Å². The number of halogens is 1. The molecule has 0 spiro atoms. The number of nitrogens with one attached hydrogen (secondary N) is 1. The first-order valence-corrected chi connectivity index (χ1v) is 7.72. The van der Waals surface area contributed by atoms with Gasteiger partial charge in [0, 0.05) is 17.5 Å². The maximum atomic E-state index is 12.2. The summed E-state index contributed by atoms with van der Waals surface area (Å²) in [7, 11) is 0. The molecule has 2 rings (SSSR count). The molecule has 1 atom stereocenters. The van der Waals surface area contributed by atoms with E-state index >= 15 is 0 Å². The Kier molecular flexibility index (Phi) is 5.06. The Bertz CT molecular complexity index is 450. The highest BCUT2D eigenvalue weighted by Crippen LogP contribution is 2.39. The average molecular weight is 295 g/mol. The molecule has 0 radical (unpaired) electrons. The molecule has 0 aromatic heterocycles. The molecule has 3 N–H and O–H groups in total. The highest BCUT2D eigenvalue weighted by Gasteiger charge is 2.36. The van der Waals surface area contributed by atoms with Gasteiger partial charge < -0.3 is 11.1 Å². The Balaban J connectivity index is 2.10. The lowest BCUT2D eigenvalue weighted by molar-refractivity contribution is -0.123. The van der Waals surface area contributed by atoms with E-state index in [2.05, 4.69) is 5.32 Å². The molecular formula is C16H23ClN2O. The summed E-state index contributed by atoms with van der Waals surface area (Å²) in [6, 6.07) is 7.91. The summed E-state index contributed by atoms with van der Waals surface area (Å²) in [5, 5.41) is 3.97. The minimum Gasteiger partial charge on any atom is -0.347 e. The van der Waals surface area contributed by atoms with Gasteiger partial charge in [-0.05, 0) is 43.9 Å². The van der Waals surface area contributed by atoms with Crippen molar-refractivity contribution in [2.24, 2.45) is 5.73 Å². The van der Waals surface area contributed by atoms with Crippen LogP contribution in [0.4, 0.5) is 0 Å². The van der Waals surface area contributed by atoms with Crippen LogP contribution in [0.2, 0.25) is 5.02 Å². The van der Waals surface area contributed by atoms with Gasteiger partial charge in [-0.1, -0.05) is 36.6 Å². The molecule has 1 unspecified atom stereocenters. The molecule has 0 aliphatic heterocycles. The normalized spacial score (nSPS) is 18.8. The van der Waals surface area contributed by atoms with Crippen LogP contribution in [0, 0.1) is 0 Å². The van der Waals surface area contributed by atoms with Crippen molar-refractivity contribution in [2.75, 3.05) is 0 Å². The van der Waals surface area contributed by atoms with E-state index in [1.165, 1.54) is 0 Å². The van der Waals surface area contributed by atoms with Crippen molar-refractivity contribution in [3.05, 3.63) is 34.9 Å². The molecule has 110 valence electrons. The van der Waals surface area contributed by atoms with Crippen LogP contribution in [0.15, 0.2) is 24.3 Å². The monoisotopic (exact) mass is 294 g/mol. The van der Waals surface area contributed by atoms with Crippen molar-refractivity contribution >= 4 is 17.5 Å². The van der Waals surface area contributed by atoms with Gasteiger partial charge in [-0.15, -0.1) is 0 Å². The Hall–Kier alpha value is -1.06. The van der Waals surface area contributed by atoms with Gasteiger partial charge in [0.15, 0.2) is 0 Å². The van der Waals surface area contributed by atoms with E-state index < -0.39 is 0 Å². The number of carbonyl (C=O) groups excluding carboxylic acids is 1. The number of carbonyl (C=O) groups is 1. The van der Waals surface area contributed by atoms with Gasteiger partial charge in [0.1, 0.15) is 0 Å². The molecule has 1 aromatic carbocycles. The highest BCUT2D eigenvalue weighted by molar-refractivity contribution is 6.30. The molecule has 0 saturated heterocycles. The third kappa shape index (κ3) is 3.74. The van der Waals surface area contributed by atoms with E-state index in [9.17, 15) is 4.79 Å². The number of nitrogens with two attached hydrogens (primary N) is 1. The standard InChI is InChI=1S/C16H23ClN2O/c1-12(18)4-9-15(20)19-16(10-2-3-11-16)13-5-7-14(17)8-6-13/h5-8,12H,2-4,9-11,18H2,1H3,(H,19,20). The molecule has 1 aliphatic carbocycles. The van der Waals surface area contributed by atoms with Crippen LogP contribution in [0.3, 0.4) is 0 Å². The summed E-state index contributed by atoms with van der Waals surface area (Å²) in [5.74, 6) is 0.0964. The summed E-state index contributed by atoms with van der Waals surface area (Å²) in [5.41, 5.74) is 6.67. The fourth-order valence-corrected chi connectivity index (χ4v) is 3.05. The topological polar surface area (TPSA) is 55.1 Å². The highest BCUT2D eigenvalue weighted by atomic mass is 35.5. The number of rotatable bonds is 5. The molecule has 3 nitrogen and oxygen atoms in total. The third-order valence-corrected chi connectivity index (χ3v) is 4.31. The third-order valence-electron chi connectivity index (χ3n) is 4.06. The van der Waals surface area contributed by atoms with Gasteiger partial charge in [-0.25, -0.2) is 0 Å². The number of hydrogen-bond donors (Lipinski definition) is 2. The quantitative estimate of drug-likeness (QED) is 0.875. The molecule has 20 heavy (non-hydrogen) atoms. The van der Waals surface area contributed by atoms with Crippen LogP contribution < -0.4 is 11.1 Å². The van der Waals surface area contributed by atoms with E-state index in [0.717, 1.165) is 42.7 Å². The largest absolute Gasteiger partial charge is 0.347 e. The van der Waals surface area contributed by atoms with Crippen LogP contribution in [-0.2, 0) is 10.3 Å². The maximum Gasteiger partial charge on any atom is 0.220 e. The molecule has 0 heterocycles. The molecule has 1 saturated carbocycles. The Labute approximate surface area is 125 Å². The second kappa shape index (κ2) is 6.59. The second-order valence-electron chi connectivity index (χ2n) is 5.86. The number of benzene rings is 1. The van der Waals surface area contributed by atoms with Gasteiger partial charge in [-0.2, -0.15) is 0 Å². The minimum absolute atomic E-state index is 0.0656. The van der Waals surface area contributed by atoms with E-state index in [1.807, 2.05) is 31.2 Å². The number of amides is 1. The molecular weight excluding hydrogens is 272 g/mol. The molecule has 1 amide bonds. The summed E-state index contributed by atoms with van der Waals surface area (Å²) < 4.78 is 0. The molecule has 0 bridgehead atoms. The average Bonchev–Trinajstić information content (AvgIpc) is 2.87. The first kappa shape index (κ1) is 15.3. The molecule has 1 aliphatic rings.